The van der Waals surface area contributed by atoms with Gasteiger partial charge in [-0.25, -0.2) is 9.59 Å². The van der Waals surface area contributed by atoms with Gasteiger partial charge >= 0.3 is 12.0 Å². The summed E-state index contributed by atoms with van der Waals surface area (Å²) in [4.78, 5) is 43.2. The Bertz CT molecular complexity index is 914. The van der Waals surface area contributed by atoms with Crippen molar-refractivity contribution in [3.63, 3.8) is 0 Å². The number of rotatable bonds is 12. The number of amides is 3. The normalized spacial score (nSPS) is 10.6. The first-order chi connectivity index (χ1) is 15.4. The van der Waals surface area contributed by atoms with Crippen LogP contribution in [-0.2, 0) is 0 Å². The highest BCUT2D eigenvalue weighted by molar-refractivity contribution is 7.19. The first-order valence-corrected chi connectivity index (χ1v) is 11.9. The quantitative estimate of drug-likeness (QED) is 0.372. The van der Waals surface area contributed by atoms with Crippen LogP contribution in [0.2, 0.25) is 0 Å². The Kier molecular flexibility index (Phi) is 10.1. The van der Waals surface area contributed by atoms with E-state index in [-0.39, 0.29) is 21.3 Å². The van der Waals surface area contributed by atoms with Crippen LogP contribution in [0.5, 0.6) is 0 Å². The van der Waals surface area contributed by atoms with Crippen molar-refractivity contribution in [2.45, 2.75) is 59.3 Å². The maximum absolute atomic E-state index is 13.2. The molecule has 2 rings (SSSR count). The minimum atomic E-state index is -1.19. The first-order valence-electron chi connectivity index (χ1n) is 11.0. The van der Waals surface area contributed by atoms with E-state index < -0.39 is 12.0 Å². The summed E-state index contributed by atoms with van der Waals surface area (Å²) < 4.78 is 0. The molecule has 9 heteroatoms. The Morgan fingerprint density at radius 2 is 1.84 bits per heavy atom. The number of carboxylic acid groups (broad SMARTS) is 1. The van der Waals surface area contributed by atoms with Crippen LogP contribution in [0.15, 0.2) is 24.5 Å². The SMILES string of the molecule is CCCCCCCCNC(=O)Nc1sc(C(=O)N(CC)c2cccnc2)c(C)c1C(=O)O. The third kappa shape index (κ3) is 6.78. The molecule has 174 valence electrons. The fourth-order valence-electron chi connectivity index (χ4n) is 3.40. The van der Waals surface area contributed by atoms with Gasteiger partial charge in [-0.05, 0) is 38.0 Å². The maximum atomic E-state index is 13.2. The van der Waals surface area contributed by atoms with Crippen LogP contribution in [0, 0.1) is 6.92 Å². The lowest BCUT2D eigenvalue weighted by Gasteiger charge is -2.20. The molecule has 0 spiro atoms. The van der Waals surface area contributed by atoms with Crippen molar-refractivity contribution < 1.29 is 19.5 Å². The Morgan fingerprint density at radius 3 is 2.47 bits per heavy atom. The van der Waals surface area contributed by atoms with E-state index in [0.717, 1.165) is 30.6 Å². The van der Waals surface area contributed by atoms with Crippen LogP contribution in [0.3, 0.4) is 0 Å². The van der Waals surface area contributed by atoms with Crippen molar-refractivity contribution in [3.8, 4) is 0 Å². The standard InChI is InChI=1S/C23H32N4O4S/c1-4-6-7-8-9-10-14-25-23(31)26-20-18(22(29)30)16(3)19(32-20)21(28)27(5-2)17-12-11-13-24-15-17/h11-13,15H,4-10,14H2,1-3H3,(H,29,30)(H2,25,26,31). The number of aromatic nitrogens is 1. The van der Waals surface area contributed by atoms with Crippen LogP contribution >= 0.6 is 11.3 Å². The minimum absolute atomic E-state index is 0.0599. The van der Waals surface area contributed by atoms with Gasteiger partial charge in [-0.1, -0.05) is 39.0 Å². The Hall–Kier alpha value is -2.94. The van der Waals surface area contributed by atoms with Crippen molar-refractivity contribution in [3.05, 3.63) is 40.5 Å². The molecule has 0 unspecified atom stereocenters. The van der Waals surface area contributed by atoms with Crippen LogP contribution in [0.25, 0.3) is 0 Å². The van der Waals surface area contributed by atoms with Gasteiger partial charge in [0.25, 0.3) is 5.91 Å². The molecule has 3 amide bonds. The summed E-state index contributed by atoms with van der Waals surface area (Å²) in [7, 11) is 0. The van der Waals surface area contributed by atoms with E-state index in [1.54, 1.807) is 31.5 Å². The molecule has 0 aliphatic rings. The molecule has 2 heterocycles. The third-order valence-corrected chi connectivity index (χ3v) is 6.31. The molecule has 0 bridgehead atoms. The Morgan fingerprint density at radius 1 is 1.12 bits per heavy atom. The number of pyridine rings is 1. The lowest BCUT2D eigenvalue weighted by molar-refractivity contribution is 0.0697. The Labute approximate surface area is 193 Å². The van der Waals surface area contributed by atoms with Crippen LogP contribution < -0.4 is 15.5 Å². The number of urea groups is 1. The van der Waals surface area contributed by atoms with E-state index in [9.17, 15) is 19.5 Å². The molecule has 32 heavy (non-hydrogen) atoms. The lowest BCUT2D eigenvalue weighted by atomic mass is 10.1. The summed E-state index contributed by atoms with van der Waals surface area (Å²) in [5.41, 5.74) is 0.896. The molecule has 0 radical (unpaired) electrons. The highest BCUT2D eigenvalue weighted by Gasteiger charge is 2.28. The van der Waals surface area contributed by atoms with Crippen molar-refractivity contribution in [1.29, 1.82) is 0 Å². The number of carbonyl (C=O) groups is 3. The third-order valence-electron chi connectivity index (χ3n) is 5.12. The van der Waals surface area contributed by atoms with E-state index >= 15 is 0 Å². The molecule has 0 saturated carbocycles. The lowest BCUT2D eigenvalue weighted by Crippen LogP contribution is -2.30. The molecular weight excluding hydrogens is 428 g/mol. The average Bonchev–Trinajstić information content (AvgIpc) is 3.10. The van der Waals surface area contributed by atoms with Crippen molar-refractivity contribution in [1.82, 2.24) is 10.3 Å². The first kappa shape index (κ1) is 25.3. The van der Waals surface area contributed by atoms with E-state index in [4.69, 9.17) is 0 Å². The highest BCUT2D eigenvalue weighted by Crippen LogP contribution is 2.34. The predicted molar refractivity (Wildman–Crippen MR) is 128 cm³/mol. The number of unbranched alkanes of at least 4 members (excludes halogenated alkanes) is 5. The van der Waals surface area contributed by atoms with Gasteiger partial charge in [0.2, 0.25) is 0 Å². The highest BCUT2D eigenvalue weighted by atomic mass is 32.1. The molecule has 0 aliphatic heterocycles. The molecular formula is C23H32N4O4S. The number of hydrogen-bond donors (Lipinski definition) is 3. The minimum Gasteiger partial charge on any atom is -0.478 e. The maximum Gasteiger partial charge on any atom is 0.339 e. The number of nitrogens with zero attached hydrogens (tertiary/aromatic N) is 2. The number of thiophene rings is 1. The van der Waals surface area contributed by atoms with Gasteiger partial charge in [0.15, 0.2) is 0 Å². The number of aromatic carboxylic acids is 1. The van der Waals surface area contributed by atoms with Crippen LogP contribution in [-0.4, -0.2) is 41.1 Å². The number of anilines is 2. The molecule has 2 aromatic heterocycles. The summed E-state index contributed by atoms with van der Waals surface area (Å²) in [6.07, 6.45) is 9.86. The average molecular weight is 461 g/mol. The molecule has 2 aromatic rings. The summed E-state index contributed by atoms with van der Waals surface area (Å²) in [6.45, 7) is 6.50. The smallest absolute Gasteiger partial charge is 0.339 e. The van der Waals surface area contributed by atoms with E-state index in [2.05, 4.69) is 22.5 Å². The van der Waals surface area contributed by atoms with Gasteiger partial charge in [-0.3, -0.25) is 15.1 Å². The molecule has 0 aliphatic carbocycles. The summed E-state index contributed by atoms with van der Waals surface area (Å²) in [5.74, 6) is -1.51. The van der Waals surface area contributed by atoms with E-state index in [1.165, 1.54) is 24.2 Å². The monoisotopic (exact) mass is 460 g/mol. The predicted octanol–water partition coefficient (Wildman–Crippen LogP) is 5.30. The molecule has 3 N–H and O–H groups in total. The topological polar surface area (TPSA) is 112 Å². The largest absolute Gasteiger partial charge is 0.478 e. The second kappa shape index (κ2) is 12.8. The van der Waals surface area contributed by atoms with Gasteiger partial charge in [0, 0.05) is 19.3 Å². The van der Waals surface area contributed by atoms with E-state index in [1.807, 2.05) is 6.92 Å². The molecule has 0 atom stereocenters. The summed E-state index contributed by atoms with van der Waals surface area (Å²) in [6, 6.07) is 3.03. The van der Waals surface area contributed by atoms with Crippen LogP contribution in [0.1, 0.15) is 78.0 Å². The van der Waals surface area contributed by atoms with Crippen molar-refractivity contribution in [2.24, 2.45) is 0 Å². The van der Waals surface area contributed by atoms with Gasteiger partial charge in [-0.15, -0.1) is 11.3 Å². The van der Waals surface area contributed by atoms with Gasteiger partial charge < -0.3 is 15.3 Å². The van der Waals surface area contributed by atoms with E-state index in [0.29, 0.717) is 24.3 Å². The van der Waals surface area contributed by atoms with Gasteiger partial charge in [0.1, 0.15) is 5.00 Å². The molecule has 0 aromatic carbocycles. The number of hydrogen-bond acceptors (Lipinski definition) is 5. The summed E-state index contributed by atoms with van der Waals surface area (Å²) in [5, 5.41) is 15.2. The van der Waals surface area contributed by atoms with Gasteiger partial charge in [-0.2, -0.15) is 0 Å². The summed E-state index contributed by atoms with van der Waals surface area (Å²) >= 11 is 0.978. The fourth-order valence-corrected chi connectivity index (χ4v) is 4.54. The zero-order valence-corrected chi connectivity index (χ0v) is 19.8. The molecule has 8 nitrogen and oxygen atoms in total. The second-order valence-electron chi connectivity index (χ2n) is 7.47. The fraction of sp³-hybridized carbons (Fsp3) is 0.478. The Balaban J connectivity index is 2.09. The van der Waals surface area contributed by atoms with Crippen molar-refractivity contribution in [2.75, 3.05) is 23.3 Å². The number of carboxylic acids is 1. The molecule has 0 saturated heterocycles. The second-order valence-corrected chi connectivity index (χ2v) is 8.50. The number of carbonyl (C=O) groups excluding carboxylic acids is 2. The van der Waals surface area contributed by atoms with Crippen LogP contribution in [0.4, 0.5) is 15.5 Å². The zero-order chi connectivity index (χ0) is 23.5. The van der Waals surface area contributed by atoms with Gasteiger partial charge in [0.05, 0.1) is 22.3 Å². The molecule has 0 fully saturated rings. The van der Waals surface area contributed by atoms with Crippen molar-refractivity contribution >= 4 is 39.9 Å². The number of nitrogens with one attached hydrogen (secondary N) is 2. The zero-order valence-electron chi connectivity index (χ0n) is 18.9.